The van der Waals surface area contributed by atoms with Crippen molar-refractivity contribution in [3.63, 3.8) is 0 Å². The summed E-state index contributed by atoms with van der Waals surface area (Å²) in [6.45, 7) is 6.05. The molecular weight excluding hydrogens is 284 g/mol. The molecule has 1 aromatic rings. The number of amides is 1. The summed E-state index contributed by atoms with van der Waals surface area (Å²) in [5.41, 5.74) is 0.972. The molecule has 3 nitrogen and oxygen atoms in total. The minimum atomic E-state index is -0.187. The Hall–Kier alpha value is -1.06. The lowest BCUT2D eigenvalue weighted by molar-refractivity contribution is -0.133. The maximum absolute atomic E-state index is 12.7. The monoisotopic (exact) mass is 308 g/mol. The van der Waals surface area contributed by atoms with Crippen molar-refractivity contribution in [3.8, 4) is 0 Å². The van der Waals surface area contributed by atoms with E-state index in [-0.39, 0.29) is 17.4 Å². The van der Waals surface area contributed by atoms with Crippen molar-refractivity contribution in [2.24, 2.45) is 5.41 Å². The molecule has 1 saturated heterocycles. The van der Waals surface area contributed by atoms with Crippen molar-refractivity contribution in [2.45, 2.75) is 45.6 Å². The van der Waals surface area contributed by atoms with E-state index >= 15 is 0 Å². The Labute approximate surface area is 132 Å². The highest BCUT2D eigenvalue weighted by atomic mass is 35.5. The fourth-order valence-electron chi connectivity index (χ4n) is 3.09. The lowest BCUT2D eigenvalue weighted by atomic mass is 9.75. The molecule has 0 aromatic heterocycles. The topological polar surface area (TPSA) is 41.1 Å². The van der Waals surface area contributed by atoms with Gasteiger partial charge in [0.15, 0.2) is 0 Å². The Morgan fingerprint density at radius 1 is 1.43 bits per heavy atom. The van der Waals surface area contributed by atoms with Crippen LogP contribution in [-0.2, 0) is 11.2 Å². The molecule has 0 spiro atoms. The molecule has 0 saturated carbocycles. The van der Waals surface area contributed by atoms with Crippen LogP contribution in [-0.4, -0.2) is 25.0 Å². The van der Waals surface area contributed by atoms with Crippen LogP contribution < -0.4 is 10.6 Å². The average molecular weight is 309 g/mol. The van der Waals surface area contributed by atoms with Gasteiger partial charge < -0.3 is 10.6 Å². The molecule has 1 aliphatic heterocycles. The minimum Gasteiger partial charge on any atom is -0.353 e. The third kappa shape index (κ3) is 4.21. The largest absolute Gasteiger partial charge is 0.353 e. The van der Waals surface area contributed by atoms with Gasteiger partial charge in [-0.3, -0.25) is 4.79 Å². The van der Waals surface area contributed by atoms with E-state index in [1.165, 1.54) is 0 Å². The molecule has 1 aromatic carbocycles. The van der Waals surface area contributed by atoms with Gasteiger partial charge in [-0.15, -0.1) is 0 Å². The van der Waals surface area contributed by atoms with Crippen molar-refractivity contribution < 1.29 is 4.79 Å². The Balaban J connectivity index is 1.95. The smallest absolute Gasteiger partial charge is 0.226 e. The summed E-state index contributed by atoms with van der Waals surface area (Å²) in [6.07, 6.45) is 3.58. The summed E-state index contributed by atoms with van der Waals surface area (Å²) in [6, 6.07) is 7.95. The number of benzene rings is 1. The van der Waals surface area contributed by atoms with Gasteiger partial charge in [0.2, 0.25) is 5.91 Å². The molecule has 1 aliphatic rings. The van der Waals surface area contributed by atoms with Gasteiger partial charge in [-0.25, -0.2) is 0 Å². The minimum absolute atomic E-state index is 0.120. The molecule has 1 heterocycles. The fraction of sp³-hybridized carbons (Fsp3) is 0.588. The number of carbonyl (C=O) groups excluding carboxylic acids is 1. The van der Waals surface area contributed by atoms with Crippen LogP contribution in [0.15, 0.2) is 24.3 Å². The highest BCUT2D eigenvalue weighted by Gasteiger charge is 2.37. The van der Waals surface area contributed by atoms with E-state index in [2.05, 4.69) is 30.5 Å². The maximum atomic E-state index is 12.7. The molecule has 0 aliphatic carbocycles. The SMILES string of the molecule is CCC1(C(=O)NC(C)Cc2cccc(Cl)c2)CCNCC1. The second-order valence-electron chi connectivity index (χ2n) is 6.09. The van der Waals surface area contributed by atoms with Gasteiger partial charge in [0.1, 0.15) is 0 Å². The summed E-state index contributed by atoms with van der Waals surface area (Å²) in [5.74, 6) is 0.209. The molecule has 2 N–H and O–H groups in total. The predicted octanol–water partition coefficient (Wildman–Crippen LogP) is 3.17. The third-order valence-electron chi connectivity index (χ3n) is 4.53. The van der Waals surface area contributed by atoms with Crippen molar-refractivity contribution in [3.05, 3.63) is 34.9 Å². The highest BCUT2D eigenvalue weighted by molar-refractivity contribution is 6.30. The van der Waals surface area contributed by atoms with Gasteiger partial charge in [0, 0.05) is 11.1 Å². The van der Waals surface area contributed by atoms with Gasteiger partial charge in [0.25, 0.3) is 0 Å². The third-order valence-corrected chi connectivity index (χ3v) is 4.76. The van der Waals surface area contributed by atoms with Crippen LogP contribution in [0, 0.1) is 5.41 Å². The second kappa shape index (κ2) is 7.28. The van der Waals surface area contributed by atoms with E-state index in [1.807, 2.05) is 18.2 Å². The number of nitrogens with one attached hydrogen (secondary N) is 2. The molecule has 0 radical (unpaired) electrons. The van der Waals surface area contributed by atoms with Gasteiger partial charge in [-0.05, 0) is 63.4 Å². The van der Waals surface area contributed by atoms with Gasteiger partial charge in [-0.2, -0.15) is 0 Å². The Morgan fingerprint density at radius 3 is 2.76 bits per heavy atom. The molecule has 1 fully saturated rings. The molecule has 1 amide bonds. The van der Waals surface area contributed by atoms with Crippen LogP contribution in [0.4, 0.5) is 0 Å². The number of rotatable bonds is 5. The lowest BCUT2D eigenvalue weighted by Gasteiger charge is -2.36. The van der Waals surface area contributed by atoms with Crippen LogP contribution in [0.25, 0.3) is 0 Å². The van der Waals surface area contributed by atoms with Crippen LogP contribution in [0.5, 0.6) is 0 Å². The van der Waals surface area contributed by atoms with Crippen LogP contribution in [0.1, 0.15) is 38.7 Å². The summed E-state index contributed by atoms with van der Waals surface area (Å²) >= 11 is 6.01. The zero-order chi connectivity index (χ0) is 15.3. The summed E-state index contributed by atoms with van der Waals surface area (Å²) in [7, 11) is 0. The van der Waals surface area contributed by atoms with Crippen LogP contribution >= 0.6 is 11.6 Å². The van der Waals surface area contributed by atoms with E-state index in [9.17, 15) is 4.79 Å². The molecule has 116 valence electrons. The molecular formula is C17H25ClN2O. The quantitative estimate of drug-likeness (QED) is 0.877. The molecule has 4 heteroatoms. The predicted molar refractivity (Wildman–Crippen MR) is 87.6 cm³/mol. The normalized spacial score (nSPS) is 19.0. The first-order chi connectivity index (χ1) is 10.1. The number of piperidine rings is 1. The summed E-state index contributed by atoms with van der Waals surface area (Å²) < 4.78 is 0. The second-order valence-corrected chi connectivity index (χ2v) is 6.53. The standard InChI is InChI=1S/C17H25ClN2O/c1-3-17(7-9-19-10-8-17)16(21)20-13(2)11-14-5-4-6-15(18)12-14/h4-6,12-13,19H,3,7-11H2,1-2H3,(H,20,21). The van der Waals surface area contributed by atoms with E-state index in [1.54, 1.807) is 0 Å². The molecule has 2 rings (SSSR count). The molecule has 1 unspecified atom stereocenters. The Bertz CT molecular complexity index is 483. The first kappa shape index (κ1) is 16.3. The number of hydrogen-bond acceptors (Lipinski definition) is 2. The van der Waals surface area contributed by atoms with E-state index in [4.69, 9.17) is 11.6 Å². The van der Waals surface area contributed by atoms with Crippen LogP contribution in [0.3, 0.4) is 0 Å². The first-order valence-electron chi connectivity index (χ1n) is 7.82. The van der Waals surface area contributed by atoms with Gasteiger partial charge in [0.05, 0.1) is 5.41 Å². The molecule has 0 bridgehead atoms. The highest BCUT2D eigenvalue weighted by Crippen LogP contribution is 2.32. The summed E-state index contributed by atoms with van der Waals surface area (Å²) in [4.78, 5) is 12.7. The Kier molecular flexibility index (Phi) is 5.65. The number of carbonyl (C=O) groups is 1. The maximum Gasteiger partial charge on any atom is 0.226 e. The summed E-state index contributed by atoms with van der Waals surface area (Å²) in [5, 5.41) is 7.28. The van der Waals surface area contributed by atoms with Crippen molar-refractivity contribution in [1.82, 2.24) is 10.6 Å². The van der Waals surface area contributed by atoms with Gasteiger partial charge >= 0.3 is 0 Å². The van der Waals surface area contributed by atoms with Gasteiger partial charge in [-0.1, -0.05) is 30.7 Å². The van der Waals surface area contributed by atoms with Crippen molar-refractivity contribution in [1.29, 1.82) is 0 Å². The van der Waals surface area contributed by atoms with E-state index < -0.39 is 0 Å². The van der Waals surface area contributed by atoms with Crippen molar-refractivity contribution >= 4 is 17.5 Å². The zero-order valence-electron chi connectivity index (χ0n) is 12.9. The first-order valence-corrected chi connectivity index (χ1v) is 8.20. The molecule has 21 heavy (non-hydrogen) atoms. The fourth-order valence-corrected chi connectivity index (χ4v) is 3.30. The zero-order valence-corrected chi connectivity index (χ0v) is 13.7. The molecule has 1 atom stereocenters. The lowest BCUT2D eigenvalue weighted by Crippen LogP contribution is -2.49. The van der Waals surface area contributed by atoms with E-state index in [0.717, 1.165) is 49.4 Å². The van der Waals surface area contributed by atoms with Crippen molar-refractivity contribution in [2.75, 3.05) is 13.1 Å². The average Bonchev–Trinajstić information content (AvgIpc) is 2.47. The Morgan fingerprint density at radius 2 is 2.14 bits per heavy atom. The number of hydrogen-bond donors (Lipinski definition) is 2. The van der Waals surface area contributed by atoms with E-state index in [0.29, 0.717) is 0 Å². The number of halogens is 1. The van der Waals surface area contributed by atoms with Crippen LogP contribution in [0.2, 0.25) is 5.02 Å².